The van der Waals surface area contributed by atoms with Gasteiger partial charge in [0, 0.05) is 25.2 Å². The molecule has 30 heavy (non-hydrogen) atoms. The smallest absolute Gasteiger partial charge is 0.321 e. The molecule has 0 saturated carbocycles. The Morgan fingerprint density at radius 1 is 1.30 bits per heavy atom. The molecule has 1 heterocycles. The molecule has 2 aromatic rings. The van der Waals surface area contributed by atoms with E-state index >= 15 is 0 Å². The molecule has 6 nitrogen and oxygen atoms in total. The number of urea groups is 1. The second-order valence-electron chi connectivity index (χ2n) is 7.01. The molecule has 0 saturated heterocycles. The molecular formula is C22H22ClFN2O4. The van der Waals surface area contributed by atoms with Gasteiger partial charge in [-0.2, -0.15) is 0 Å². The molecule has 2 aromatic carbocycles. The van der Waals surface area contributed by atoms with Gasteiger partial charge in [-0.25, -0.2) is 9.18 Å². The fourth-order valence-corrected chi connectivity index (χ4v) is 3.50. The molecule has 2 amide bonds. The van der Waals surface area contributed by atoms with Crippen molar-refractivity contribution in [2.24, 2.45) is 0 Å². The minimum Gasteiger partial charge on any atom is -0.490 e. The molecule has 1 aliphatic heterocycles. The fraction of sp³-hybridized carbons (Fsp3) is 0.273. The number of benzene rings is 2. The van der Waals surface area contributed by atoms with Gasteiger partial charge in [-0.3, -0.25) is 4.79 Å². The van der Waals surface area contributed by atoms with Crippen LogP contribution in [0.2, 0.25) is 5.02 Å². The quantitative estimate of drug-likeness (QED) is 0.701. The molecule has 3 rings (SSSR count). The maximum absolute atomic E-state index is 13.3. The number of amides is 2. The molecule has 1 aliphatic rings. The number of ketones is 1. The number of hydrogen-bond donors (Lipinski definition) is 2. The number of rotatable bonds is 7. The van der Waals surface area contributed by atoms with Crippen molar-refractivity contribution in [2.75, 3.05) is 20.3 Å². The molecule has 0 fully saturated rings. The third kappa shape index (κ3) is 4.80. The number of nitrogens with zero attached hydrogens (tertiary/aromatic N) is 1. The van der Waals surface area contributed by atoms with E-state index in [1.54, 1.807) is 31.3 Å². The number of Topliss-reactive ketones (excluding diaryl/α,β-unsaturated/α-hetero) is 1. The lowest BCUT2D eigenvalue weighted by atomic mass is 9.91. The van der Waals surface area contributed by atoms with Crippen molar-refractivity contribution < 1.29 is 23.8 Å². The average molecular weight is 433 g/mol. The van der Waals surface area contributed by atoms with E-state index in [0.29, 0.717) is 21.9 Å². The van der Waals surface area contributed by atoms with Crippen LogP contribution in [0.15, 0.2) is 48.2 Å². The van der Waals surface area contributed by atoms with Gasteiger partial charge < -0.3 is 20.1 Å². The van der Waals surface area contributed by atoms with Crippen LogP contribution < -0.4 is 10.1 Å². The number of hydrogen-bond acceptors (Lipinski definition) is 4. The second kappa shape index (κ2) is 9.28. The van der Waals surface area contributed by atoms with Crippen LogP contribution in [0.25, 0.3) is 0 Å². The summed E-state index contributed by atoms with van der Waals surface area (Å²) in [5.41, 5.74) is 2.53. The summed E-state index contributed by atoms with van der Waals surface area (Å²) in [6.45, 7) is 1.77. The zero-order valence-electron chi connectivity index (χ0n) is 16.6. The summed E-state index contributed by atoms with van der Waals surface area (Å²) in [6, 6.07) is 8.01. The highest BCUT2D eigenvalue weighted by atomic mass is 35.5. The Morgan fingerprint density at radius 3 is 2.67 bits per heavy atom. The zero-order chi connectivity index (χ0) is 21.8. The summed E-state index contributed by atoms with van der Waals surface area (Å²) in [5, 5.41) is 12.1. The first kappa shape index (κ1) is 21.8. The molecular weight excluding hydrogens is 411 g/mol. The summed E-state index contributed by atoms with van der Waals surface area (Å²) in [6.07, 6.45) is 1.56. The second-order valence-corrected chi connectivity index (χ2v) is 7.42. The number of aliphatic hydroxyl groups is 1. The maximum Gasteiger partial charge on any atom is 0.321 e. The Labute approximate surface area is 178 Å². The predicted molar refractivity (Wildman–Crippen MR) is 111 cm³/mol. The first-order chi connectivity index (χ1) is 14.3. The first-order valence-corrected chi connectivity index (χ1v) is 9.74. The Hall–Kier alpha value is -2.90. The number of aryl methyl sites for hydroxylation is 1. The van der Waals surface area contributed by atoms with Gasteiger partial charge in [0.25, 0.3) is 0 Å². The van der Waals surface area contributed by atoms with E-state index in [0.717, 1.165) is 11.1 Å². The van der Waals surface area contributed by atoms with Crippen LogP contribution in [0.5, 0.6) is 5.75 Å². The lowest BCUT2D eigenvalue weighted by Crippen LogP contribution is -2.43. The maximum atomic E-state index is 13.3. The van der Waals surface area contributed by atoms with E-state index in [9.17, 15) is 14.0 Å². The Morgan fingerprint density at radius 2 is 2.00 bits per heavy atom. The summed E-state index contributed by atoms with van der Waals surface area (Å²) in [7, 11) is 1.55. The molecule has 158 valence electrons. The molecule has 1 atom stereocenters. The Kier molecular flexibility index (Phi) is 6.74. The van der Waals surface area contributed by atoms with E-state index in [4.69, 9.17) is 21.4 Å². The van der Waals surface area contributed by atoms with Crippen molar-refractivity contribution in [3.05, 3.63) is 75.7 Å². The van der Waals surface area contributed by atoms with Crippen LogP contribution in [0, 0.1) is 12.7 Å². The van der Waals surface area contributed by atoms with E-state index < -0.39 is 11.9 Å². The van der Waals surface area contributed by atoms with Crippen LogP contribution in [0.4, 0.5) is 9.18 Å². The topological polar surface area (TPSA) is 78.9 Å². The Balaban J connectivity index is 1.91. The van der Waals surface area contributed by atoms with Crippen LogP contribution in [0.1, 0.15) is 22.7 Å². The average Bonchev–Trinajstić information content (AvgIpc) is 2.71. The highest BCUT2D eigenvalue weighted by Gasteiger charge is 2.30. The third-order valence-corrected chi connectivity index (χ3v) is 5.14. The van der Waals surface area contributed by atoms with Crippen molar-refractivity contribution in [3.63, 3.8) is 0 Å². The fourth-order valence-electron chi connectivity index (χ4n) is 3.22. The summed E-state index contributed by atoms with van der Waals surface area (Å²) in [5.74, 6) is -0.214. The Bertz CT molecular complexity index is 991. The number of halogens is 2. The van der Waals surface area contributed by atoms with Gasteiger partial charge >= 0.3 is 6.03 Å². The SMILES string of the molecule is Cc1cc(Cl)c(OCCO)cc1CC(=O)C1=CN(C)C(=O)N[C@H]1c1ccc(F)cc1. The monoisotopic (exact) mass is 432 g/mol. The van der Waals surface area contributed by atoms with E-state index in [1.807, 2.05) is 6.92 Å². The van der Waals surface area contributed by atoms with Gasteiger partial charge in [0.2, 0.25) is 0 Å². The number of aliphatic hydroxyl groups excluding tert-OH is 1. The minimum atomic E-state index is -0.681. The first-order valence-electron chi connectivity index (χ1n) is 9.36. The van der Waals surface area contributed by atoms with Crippen LogP contribution in [-0.2, 0) is 11.2 Å². The third-order valence-electron chi connectivity index (χ3n) is 4.85. The van der Waals surface area contributed by atoms with Crippen LogP contribution >= 0.6 is 11.6 Å². The number of nitrogens with one attached hydrogen (secondary N) is 1. The summed E-state index contributed by atoms with van der Waals surface area (Å²) >= 11 is 6.19. The highest BCUT2D eigenvalue weighted by Crippen LogP contribution is 2.31. The van der Waals surface area contributed by atoms with Crippen LogP contribution in [-0.4, -0.2) is 42.1 Å². The van der Waals surface area contributed by atoms with Crippen molar-refractivity contribution in [3.8, 4) is 5.75 Å². The standard InChI is InChI=1S/C22H22ClFN2O4/c1-13-9-18(23)20(30-8-7-27)11-15(13)10-19(28)17-12-26(2)22(29)25-21(17)14-3-5-16(24)6-4-14/h3-6,9,11-12,21,27H,7-8,10H2,1-2H3,(H,25,29)/t21-/m0/s1. The molecule has 0 spiro atoms. The molecule has 0 bridgehead atoms. The van der Waals surface area contributed by atoms with Gasteiger partial charge in [-0.05, 0) is 47.9 Å². The van der Waals surface area contributed by atoms with Gasteiger partial charge in [0.05, 0.1) is 17.7 Å². The molecule has 0 aromatic heterocycles. The summed E-state index contributed by atoms with van der Waals surface area (Å²) in [4.78, 5) is 26.6. The molecule has 0 radical (unpaired) electrons. The number of carbonyl (C=O) groups is 2. The van der Waals surface area contributed by atoms with Crippen molar-refractivity contribution in [1.82, 2.24) is 10.2 Å². The predicted octanol–water partition coefficient (Wildman–Crippen LogP) is 3.55. The lowest BCUT2D eigenvalue weighted by molar-refractivity contribution is -0.115. The lowest BCUT2D eigenvalue weighted by Gasteiger charge is -2.30. The minimum absolute atomic E-state index is 0.0612. The van der Waals surface area contributed by atoms with Gasteiger partial charge in [0.15, 0.2) is 5.78 Å². The molecule has 8 heteroatoms. The zero-order valence-corrected chi connectivity index (χ0v) is 17.4. The highest BCUT2D eigenvalue weighted by molar-refractivity contribution is 6.32. The van der Waals surface area contributed by atoms with E-state index in [-0.39, 0.29) is 31.4 Å². The van der Waals surface area contributed by atoms with Crippen molar-refractivity contribution in [1.29, 1.82) is 0 Å². The molecule has 0 aliphatic carbocycles. The van der Waals surface area contributed by atoms with Crippen molar-refractivity contribution >= 4 is 23.4 Å². The number of carbonyl (C=O) groups excluding carboxylic acids is 2. The van der Waals surface area contributed by atoms with Gasteiger partial charge in [0.1, 0.15) is 18.2 Å². The number of ether oxygens (including phenoxy) is 1. The van der Waals surface area contributed by atoms with Crippen molar-refractivity contribution in [2.45, 2.75) is 19.4 Å². The van der Waals surface area contributed by atoms with Gasteiger partial charge in [-0.1, -0.05) is 23.7 Å². The molecule has 2 N–H and O–H groups in total. The molecule has 0 unspecified atom stereocenters. The largest absolute Gasteiger partial charge is 0.490 e. The normalized spacial score (nSPS) is 16.2. The van der Waals surface area contributed by atoms with E-state index in [1.165, 1.54) is 23.2 Å². The summed E-state index contributed by atoms with van der Waals surface area (Å²) < 4.78 is 18.8. The van der Waals surface area contributed by atoms with E-state index in [2.05, 4.69) is 5.32 Å². The van der Waals surface area contributed by atoms with Gasteiger partial charge in [-0.15, -0.1) is 0 Å². The van der Waals surface area contributed by atoms with Crippen LogP contribution in [0.3, 0.4) is 0 Å².